The molecule has 1 atom stereocenters. The second-order valence-electron chi connectivity index (χ2n) is 3.00. The molecule has 0 N–H and O–H groups in total. The molecule has 0 saturated carbocycles. The summed E-state index contributed by atoms with van der Waals surface area (Å²) in [5.74, 6) is 0. The van der Waals surface area contributed by atoms with Crippen LogP contribution in [0.4, 0.5) is 4.39 Å². The third kappa shape index (κ3) is 2.76. The molecule has 0 amide bonds. The standard InChI is InChI=1S/C9H8ClFO3S/c1-15(13,14)9-3-2-6(4-7(9)10)8(11)5-12/h2-5,8H,1H3. The molecule has 0 spiro atoms. The summed E-state index contributed by atoms with van der Waals surface area (Å²) in [7, 11) is -3.43. The Labute approximate surface area is 91.8 Å². The van der Waals surface area contributed by atoms with Gasteiger partial charge in [0.15, 0.2) is 22.3 Å². The second-order valence-corrected chi connectivity index (χ2v) is 5.39. The summed E-state index contributed by atoms with van der Waals surface area (Å²) in [6, 6.07) is 3.54. The Kier molecular flexibility index (Phi) is 3.46. The summed E-state index contributed by atoms with van der Waals surface area (Å²) >= 11 is 5.65. The molecule has 0 radical (unpaired) electrons. The quantitative estimate of drug-likeness (QED) is 0.771. The van der Waals surface area contributed by atoms with Crippen molar-refractivity contribution in [1.29, 1.82) is 0 Å². The van der Waals surface area contributed by atoms with Gasteiger partial charge in [-0.1, -0.05) is 17.7 Å². The molecule has 15 heavy (non-hydrogen) atoms. The molecule has 1 aromatic rings. The van der Waals surface area contributed by atoms with E-state index in [0.29, 0.717) is 0 Å². The van der Waals surface area contributed by atoms with Crippen LogP contribution in [0, 0.1) is 0 Å². The smallest absolute Gasteiger partial charge is 0.180 e. The number of benzene rings is 1. The third-order valence-corrected chi connectivity index (χ3v) is 3.37. The zero-order valence-corrected chi connectivity index (χ0v) is 9.35. The van der Waals surface area contributed by atoms with Crippen molar-refractivity contribution in [2.24, 2.45) is 0 Å². The Morgan fingerprint density at radius 2 is 2.07 bits per heavy atom. The van der Waals surface area contributed by atoms with Crippen LogP contribution in [-0.4, -0.2) is 21.0 Å². The average molecular weight is 251 g/mol. The van der Waals surface area contributed by atoms with E-state index in [4.69, 9.17) is 11.6 Å². The molecule has 1 aromatic carbocycles. The molecule has 82 valence electrons. The average Bonchev–Trinajstić information content (AvgIpc) is 2.14. The van der Waals surface area contributed by atoms with E-state index in [-0.39, 0.29) is 21.8 Å². The first-order chi connectivity index (χ1) is 6.86. The highest BCUT2D eigenvalue weighted by Gasteiger charge is 2.15. The molecule has 1 unspecified atom stereocenters. The van der Waals surface area contributed by atoms with E-state index in [1.165, 1.54) is 12.1 Å². The first kappa shape index (κ1) is 12.1. The molecule has 3 nitrogen and oxygen atoms in total. The number of sulfone groups is 1. The number of hydrogen-bond donors (Lipinski definition) is 0. The van der Waals surface area contributed by atoms with E-state index in [2.05, 4.69) is 0 Å². The summed E-state index contributed by atoms with van der Waals surface area (Å²) in [6.45, 7) is 0. The van der Waals surface area contributed by atoms with Gasteiger partial charge in [0, 0.05) is 6.26 Å². The van der Waals surface area contributed by atoms with Crippen LogP contribution in [0.15, 0.2) is 23.1 Å². The summed E-state index contributed by atoms with van der Waals surface area (Å²) in [5, 5.41) is -0.0838. The second kappa shape index (κ2) is 4.28. The first-order valence-electron chi connectivity index (χ1n) is 3.95. The van der Waals surface area contributed by atoms with Gasteiger partial charge in [-0.3, -0.25) is 4.79 Å². The van der Waals surface area contributed by atoms with Crippen LogP contribution in [0.25, 0.3) is 0 Å². The van der Waals surface area contributed by atoms with Gasteiger partial charge in [0.05, 0.1) is 9.92 Å². The number of rotatable bonds is 3. The number of alkyl halides is 1. The van der Waals surface area contributed by atoms with Crippen LogP contribution in [0.3, 0.4) is 0 Å². The molecule has 6 heteroatoms. The fourth-order valence-electron chi connectivity index (χ4n) is 1.07. The fraction of sp³-hybridized carbons (Fsp3) is 0.222. The summed E-state index contributed by atoms with van der Waals surface area (Å²) < 4.78 is 35.2. The molecule has 0 fully saturated rings. The molecule has 0 aromatic heterocycles. The summed E-state index contributed by atoms with van der Waals surface area (Å²) in [5.41, 5.74) is 0.0439. The summed E-state index contributed by atoms with van der Waals surface area (Å²) in [6.07, 6.45) is -0.664. The van der Waals surface area contributed by atoms with Gasteiger partial charge in [-0.2, -0.15) is 0 Å². The number of halogens is 2. The maximum absolute atomic E-state index is 12.9. The molecular formula is C9H8ClFO3S. The van der Waals surface area contributed by atoms with E-state index in [1.54, 1.807) is 0 Å². The normalized spacial score (nSPS) is 13.5. The van der Waals surface area contributed by atoms with Crippen LogP contribution in [-0.2, 0) is 14.6 Å². The molecule has 0 saturated heterocycles. The van der Waals surface area contributed by atoms with Crippen molar-refractivity contribution in [3.05, 3.63) is 28.8 Å². The largest absolute Gasteiger partial charge is 0.300 e. The minimum absolute atomic E-state index is 0.0439. The number of carbonyl (C=O) groups is 1. The van der Waals surface area contributed by atoms with E-state index in [1.807, 2.05) is 0 Å². The Morgan fingerprint density at radius 3 is 2.47 bits per heavy atom. The minimum atomic E-state index is -3.43. The van der Waals surface area contributed by atoms with Crippen molar-refractivity contribution in [2.75, 3.05) is 6.26 Å². The fourth-order valence-corrected chi connectivity index (χ4v) is 2.41. The lowest BCUT2D eigenvalue weighted by Crippen LogP contribution is -2.00. The maximum atomic E-state index is 12.9. The van der Waals surface area contributed by atoms with E-state index in [9.17, 15) is 17.6 Å². The molecule has 0 aliphatic carbocycles. The highest BCUT2D eigenvalue weighted by molar-refractivity contribution is 7.90. The van der Waals surface area contributed by atoms with Gasteiger partial charge >= 0.3 is 0 Å². The lowest BCUT2D eigenvalue weighted by Gasteiger charge is -2.05. The van der Waals surface area contributed by atoms with Crippen molar-refractivity contribution < 1.29 is 17.6 Å². The Morgan fingerprint density at radius 1 is 1.47 bits per heavy atom. The first-order valence-corrected chi connectivity index (χ1v) is 6.22. The van der Waals surface area contributed by atoms with Crippen LogP contribution < -0.4 is 0 Å². The minimum Gasteiger partial charge on any atom is -0.300 e. The van der Waals surface area contributed by atoms with E-state index < -0.39 is 16.0 Å². The molecule has 0 bridgehead atoms. The zero-order chi connectivity index (χ0) is 11.6. The van der Waals surface area contributed by atoms with Gasteiger partial charge < -0.3 is 0 Å². The van der Waals surface area contributed by atoms with Crippen molar-refractivity contribution in [3.8, 4) is 0 Å². The van der Waals surface area contributed by atoms with Crippen LogP contribution >= 0.6 is 11.6 Å². The van der Waals surface area contributed by atoms with Gasteiger partial charge in [-0.15, -0.1) is 0 Å². The zero-order valence-electron chi connectivity index (χ0n) is 7.78. The van der Waals surface area contributed by atoms with Gasteiger partial charge in [-0.25, -0.2) is 12.8 Å². The highest BCUT2D eigenvalue weighted by atomic mass is 35.5. The molecule has 0 aliphatic rings. The van der Waals surface area contributed by atoms with Crippen molar-refractivity contribution in [2.45, 2.75) is 11.1 Å². The lowest BCUT2D eigenvalue weighted by atomic mass is 10.1. The van der Waals surface area contributed by atoms with Crippen molar-refractivity contribution in [3.63, 3.8) is 0 Å². The predicted octanol–water partition coefficient (Wildman–Crippen LogP) is 1.95. The molecule has 0 heterocycles. The SMILES string of the molecule is CS(=O)(=O)c1ccc(C(F)C=O)cc1Cl. The topological polar surface area (TPSA) is 51.2 Å². The Bertz CT molecular complexity index is 484. The van der Waals surface area contributed by atoms with E-state index in [0.717, 1.165) is 12.3 Å². The molecule has 1 rings (SSSR count). The van der Waals surface area contributed by atoms with Crippen LogP contribution in [0.2, 0.25) is 5.02 Å². The highest BCUT2D eigenvalue weighted by Crippen LogP contribution is 2.26. The van der Waals surface area contributed by atoms with Crippen molar-refractivity contribution in [1.82, 2.24) is 0 Å². The summed E-state index contributed by atoms with van der Waals surface area (Å²) in [4.78, 5) is 10.1. The van der Waals surface area contributed by atoms with Crippen molar-refractivity contribution >= 4 is 27.7 Å². The number of aldehydes is 1. The Hall–Kier alpha value is -0.940. The van der Waals surface area contributed by atoms with Crippen LogP contribution in [0.1, 0.15) is 11.7 Å². The number of hydrogen-bond acceptors (Lipinski definition) is 3. The number of carbonyl (C=O) groups excluding carboxylic acids is 1. The van der Waals surface area contributed by atoms with E-state index >= 15 is 0 Å². The van der Waals surface area contributed by atoms with Gasteiger partial charge in [0.2, 0.25) is 0 Å². The predicted molar refractivity (Wildman–Crippen MR) is 54.5 cm³/mol. The monoisotopic (exact) mass is 250 g/mol. The Balaban J connectivity index is 3.26. The van der Waals surface area contributed by atoms with Crippen LogP contribution in [0.5, 0.6) is 0 Å². The lowest BCUT2D eigenvalue weighted by molar-refractivity contribution is -0.112. The van der Waals surface area contributed by atoms with Gasteiger partial charge in [0.25, 0.3) is 0 Å². The van der Waals surface area contributed by atoms with Gasteiger partial charge in [-0.05, 0) is 17.7 Å². The third-order valence-electron chi connectivity index (χ3n) is 1.79. The maximum Gasteiger partial charge on any atom is 0.180 e. The van der Waals surface area contributed by atoms with Gasteiger partial charge in [0.1, 0.15) is 0 Å². The molecular weight excluding hydrogens is 243 g/mol. The molecule has 0 aliphatic heterocycles.